The van der Waals surface area contributed by atoms with Crippen molar-refractivity contribution in [1.29, 1.82) is 0 Å². The van der Waals surface area contributed by atoms with E-state index in [1.807, 2.05) is 6.92 Å². The SMILES string of the molecule is CCCNC(=O)c1cccc(C(=O)Nc2ccc(Cl)cc2Cl)c1. The average Bonchev–Trinajstić information content (AvgIpc) is 2.55. The van der Waals surface area contributed by atoms with Crippen LogP contribution in [0, 0.1) is 0 Å². The third kappa shape index (κ3) is 4.71. The largest absolute Gasteiger partial charge is 0.352 e. The highest BCUT2D eigenvalue weighted by molar-refractivity contribution is 6.36. The summed E-state index contributed by atoms with van der Waals surface area (Å²) in [5.74, 6) is -0.551. The van der Waals surface area contributed by atoms with Gasteiger partial charge in [0.1, 0.15) is 0 Å². The van der Waals surface area contributed by atoms with Crippen molar-refractivity contribution in [3.05, 3.63) is 63.6 Å². The molecular weight excluding hydrogens is 335 g/mol. The lowest BCUT2D eigenvalue weighted by Crippen LogP contribution is -2.24. The zero-order chi connectivity index (χ0) is 16.8. The second kappa shape index (κ2) is 7.99. The Hall–Kier alpha value is -2.04. The molecular formula is C17H16Cl2N2O2. The number of carbonyl (C=O) groups is 2. The highest BCUT2D eigenvalue weighted by atomic mass is 35.5. The third-order valence-electron chi connectivity index (χ3n) is 3.10. The Kier molecular flexibility index (Phi) is 6.02. The molecule has 2 aromatic carbocycles. The smallest absolute Gasteiger partial charge is 0.255 e. The molecule has 0 saturated carbocycles. The van der Waals surface area contributed by atoms with Crippen molar-refractivity contribution in [2.75, 3.05) is 11.9 Å². The molecule has 4 nitrogen and oxygen atoms in total. The fraction of sp³-hybridized carbons (Fsp3) is 0.176. The molecule has 0 atom stereocenters. The number of rotatable bonds is 5. The summed E-state index contributed by atoms with van der Waals surface area (Å²) in [6.45, 7) is 2.57. The van der Waals surface area contributed by atoms with Crippen LogP contribution < -0.4 is 10.6 Å². The number of carbonyl (C=O) groups excluding carboxylic acids is 2. The Labute approximate surface area is 144 Å². The van der Waals surface area contributed by atoms with Crippen LogP contribution in [0.2, 0.25) is 10.0 Å². The molecule has 0 aliphatic rings. The molecule has 2 rings (SSSR count). The van der Waals surface area contributed by atoms with E-state index in [1.54, 1.807) is 42.5 Å². The molecule has 0 aromatic heterocycles. The molecule has 2 N–H and O–H groups in total. The molecule has 2 amide bonds. The lowest BCUT2D eigenvalue weighted by atomic mass is 10.1. The average molecular weight is 351 g/mol. The molecule has 0 spiro atoms. The van der Waals surface area contributed by atoms with Crippen molar-refractivity contribution < 1.29 is 9.59 Å². The quantitative estimate of drug-likeness (QED) is 0.840. The van der Waals surface area contributed by atoms with Gasteiger partial charge in [0.15, 0.2) is 0 Å². The maximum atomic E-state index is 12.3. The highest BCUT2D eigenvalue weighted by Crippen LogP contribution is 2.25. The first kappa shape index (κ1) is 17.3. The maximum absolute atomic E-state index is 12.3. The van der Waals surface area contributed by atoms with E-state index in [-0.39, 0.29) is 11.8 Å². The summed E-state index contributed by atoms with van der Waals surface area (Å²) in [4.78, 5) is 24.3. The minimum Gasteiger partial charge on any atom is -0.352 e. The first-order valence-corrected chi connectivity index (χ1v) is 7.91. The molecule has 0 fully saturated rings. The van der Waals surface area contributed by atoms with Crippen LogP contribution in [0.3, 0.4) is 0 Å². The number of halogens is 2. The van der Waals surface area contributed by atoms with Crippen molar-refractivity contribution in [1.82, 2.24) is 5.32 Å². The molecule has 0 heterocycles. The van der Waals surface area contributed by atoms with Crippen molar-refractivity contribution in [3.63, 3.8) is 0 Å². The van der Waals surface area contributed by atoms with Crippen LogP contribution in [0.4, 0.5) is 5.69 Å². The molecule has 0 aliphatic carbocycles. The molecule has 120 valence electrons. The van der Waals surface area contributed by atoms with Crippen molar-refractivity contribution >= 4 is 40.7 Å². The van der Waals surface area contributed by atoms with E-state index in [1.165, 1.54) is 0 Å². The minimum absolute atomic E-state index is 0.203. The lowest BCUT2D eigenvalue weighted by molar-refractivity contribution is 0.0953. The highest BCUT2D eigenvalue weighted by Gasteiger charge is 2.12. The van der Waals surface area contributed by atoms with Gasteiger partial charge in [-0.05, 0) is 42.8 Å². The normalized spacial score (nSPS) is 10.2. The van der Waals surface area contributed by atoms with E-state index in [9.17, 15) is 9.59 Å². The number of amides is 2. The van der Waals surface area contributed by atoms with Crippen LogP contribution >= 0.6 is 23.2 Å². The van der Waals surface area contributed by atoms with Crippen LogP contribution in [-0.2, 0) is 0 Å². The molecule has 2 aromatic rings. The topological polar surface area (TPSA) is 58.2 Å². The zero-order valence-electron chi connectivity index (χ0n) is 12.5. The van der Waals surface area contributed by atoms with Gasteiger partial charge in [0.05, 0.1) is 10.7 Å². The monoisotopic (exact) mass is 350 g/mol. The van der Waals surface area contributed by atoms with Gasteiger partial charge in [0, 0.05) is 22.7 Å². The van der Waals surface area contributed by atoms with Crippen molar-refractivity contribution in [2.24, 2.45) is 0 Å². The standard InChI is InChI=1S/C17H16Cl2N2O2/c1-2-8-20-16(22)11-4-3-5-12(9-11)17(23)21-15-7-6-13(18)10-14(15)19/h3-7,9-10H,2,8H2,1H3,(H,20,22)(H,21,23). The summed E-state index contributed by atoms with van der Waals surface area (Å²) in [6, 6.07) is 11.3. The van der Waals surface area contributed by atoms with Gasteiger partial charge >= 0.3 is 0 Å². The lowest BCUT2D eigenvalue weighted by Gasteiger charge is -2.09. The fourth-order valence-corrected chi connectivity index (χ4v) is 2.38. The summed E-state index contributed by atoms with van der Waals surface area (Å²) in [5.41, 5.74) is 1.27. The van der Waals surface area contributed by atoms with Gasteiger partial charge in [-0.25, -0.2) is 0 Å². The van der Waals surface area contributed by atoms with Crippen molar-refractivity contribution in [2.45, 2.75) is 13.3 Å². The van der Waals surface area contributed by atoms with Gasteiger partial charge in [-0.3, -0.25) is 9.59 Å². The molecule has 0 unspecified atom stereocenters. The van der Waals surface area contributed by atoms with Gasteiger partial charge in [-0.1, -0.05) is 36.2 Å². The van der Waals surface area contributed by atoms with E-state index in [4.69, 9.17) is 23.2 Å². The number of hydrogen-bond donors (Lipinski definition) is 2. The van der Waals surface area contributed by atoms with E-state index < -0.39 is 0 Å². The molecule has 0 aliphatic heterocycles. The van der Waals surface area contributed by atoms with Gasteiger partial charge in [-0.2, -0.15) is 0 Å². The molecule has 0 bridgehead atoms. The Morgan fingerprint density at radius 1 is 1.00 bits per heavy atom. The second-order valence-electron chi connectivity index (χ2n) is 4.91. The molecule has 23 heavy (non-hydrogen) atoms. The number of nitrogens with one attached hydrogen (secondary N) is 2. The van der Waals surface area contributed by atoms with E-state index >= 15 is 0 Å². The molecule has 0 saturated heterocycles. The predicted molar refractivity (Wildman–Crippen MR) is 93.5 cm³/mol. The van der Waals surface area contributed by atoms with Crippen LogP contribution in [0.25, 0.3) is 0 Å². The number of benzene rings is 2. The first-order chi connectivity index (χ1) is 11.0. The van der Waals surface area contributed by atoms with Crippen LogP contribution in [0.5, 0.6) is 0 Å². The molecule has 0 radical (unpaired) electrons. The summed E-state index contributed by atoms with van der Waals surface area (Å²) < 4.78 is 0. The third-order valence-corrected chi connectivity index (χ3v) is 3.65. The zero-order valence-corrected chi connectivity index (χ0v) is 14.0. The number of anilines is 1. The first-order valence-electron chi connectivity index (χ1n) is 7.16. The molecule has 6 heteroatoms. The maximum Gasteiger partial charge on any atom is 0.255 e. The van der Waals surface area contributed by atoms with E-state index in [2.05, 4.69) is 10.6 Å². The van der Waals surface area contributed by atoms with Gasteiger partial charge in [0.2, 0.25) is 0 Å². The fourth-order valence-electron chi connectivity index (χ4n) is 1.93. The predicted octanol–water partition coefficient (Wildman–Crippen LogP) is 4.39. The van der Waals surface area contributed by atoms with Crippen LogP contribution in [0.1, 0.15) is 34.1 Å². The van der Waals surface area contributed by atoms with Crippen molar-refractivity contribution in [3.8, 4) is 0 Å². The number of hydrogen-bond acceptors (Lipinski definition) is 2. The Balaban J connectivity index is 2.15. The van der Waals surface area contributed by atoms with Crippen LogP contribution in [0.15, 0.2) is 42.5 Å². The minimum atomic E-state index is -0.348. The summed E-state index contributed by atoms with van der Waals surface area (Å²) in [6.07, 6.45) is 0.848. The Bertz CT molecular complexity index is 732. The van der Waals surface area contributed by atoms with Gasteiger partial charge in [-0.15, -0.1) is 0 Å². The van der Waals surface area contributed by atoms with E-state index in [0.717, 1.165) is 6.42 Å². The summed E-state index contributed by atoms with van der Waals surface area (Å²) in [7, 11) is 0. The second-order valence-corrected chi connectivity index (χ2v) is 5.76. The Morgan fingerprint density at radius 3 is 2.35 bits per heavy atom. The Morgan fingerprint density at radius 2 is 1.70 bits per heavy atom. The van der Waals surface area contributed by atoms with Gasteiger partial charge in [0.25, 0.3) is 11.8 Å². The van der Waals surface area contributed by atoms with Gasteiger partial charge < -0.3 is 10.6 Å². The van der Waals surface area contributed by atoms with Crippen LogP contribution in [-0.4, -0.2) is 18.4 Å². The summed E-state index contributed by atoms with van der Waals surface area (Å²) in [5, 5.41) is 6.31. The van der Waals surface area contributed by atoms with E-state index in [0.29, 0.717) is 33.4 Å². The summed E-state index contributed by atoms with van der Waals surface area (Å²) >= 11 is 11.9.